The predicted octanol–water partition coefficient (Wildman–Crippen LogP) is 2.21. The van der Waals surface area contributed by atoms with Crippen LogP contribution in [0.3, 0.4) is 0 Å². The number of carbonyl (C=O) groups excluding carboxylic acids is 2. The molecule has 3 N–H and O–H groups in total. The van der Waals surface area contributed by atoms with Gasteiger partial charge in [0.05, 0.1) is 4.90 Å². The lowest BCUT2D eigenvalue weighted by atomic mass is 10.1. The van der Waals surface area contributed by atoms with Gasteiger partial charge in [-0.1, -0.05) is 25.4 Å². The van der Waals surface area contributed by atoms with Crippen LogP contribution in [0.1, 0.15) is 24.3 Å². The fourth-order valence-corrected chi connectivity index (χ4v) is 4.35. The molecule has 152 valence electrons. The Kier molecular flexibility index (Phi) is 7.27. The molecule has 0 radical (unpaired) electrons. The van der Waals surface area contributed by atoms with E-state index in [9.17, 15) is 18.0 Å². The third-order valence-electron chi connectivity index (χ3n) is 3.86. The van der Waals surface area contributed by atoms with Crippen LogP contribution in [0.5, 0.6) is 0 Å². The van der Waals surface area contributed by atoms with Gasteiger partial charge in [-0.05, 0) is 52.2 Å². The van der Waals surface area contributed by atoms with E-state index in [1.54, 1.807) is 37.7 Å². The molecule has 1 aromatic carbocycles. The SMILES string of the molecule is CC(C)C(NS(=O)(=O)c1ccc(Cl)cc1)C(=O)NNC(=O)c1cc(Br)cn1C. The van der Waals surface area contributed by atoms with Gasteiger partial charge in [0, 0.05) is 22.7 Å². The minimum absolute atomic E-state index is 0.0203. The van der Waals surface area contributed by atoms with Crippen molar-refractivity contribution in [2.45, 2.75) is 24.8 Å². The fraction of sp³-hybridized carbons (Fsp3) is 0.294. The van der Waals surface area contributed by atoms with Crippen LogP contribution < -0.4 is 15.6 Å². The quantitative estimate of drug-likeness (QED) is 0.538. The summed E-state index contributed by atoms with van der Waals surface area (Å²) < 4.78 is 29.7. The average molecular weight is 492 g/mol. The first-order valence-electron chi connectivity index (χ1n) is 8.21. The number of aromatic nitrogens is 1. The van der Waals surface area contributed by atoms with E-state index in [2.05, 4.69) is 31.5 Å². The second kappa shape index (κ2) is 9.08. The van der Waals surface area contributed by atoms with Gasteiger partial charge in [0.2, 0.25) is 10.0 Å². The number of nitrogens with one attached hydrogen (secondary N) is 3. The van der Waals surface area contributed by atoms with E-state index in [1.165, 1.54) is 24.3 Å². The Morgan fingerprint density at radius 3 is 2.25 bits per heavy atom. The Morgan fingerprint density at radius 1 is 1.14 bits per heavy atom. The van der Waals surface area contributed by atoms with Crippen molar-refractivity contribution in [2.75, 3.05) is 0 Å². The molecule has 11 heteroatoms. The maximum Gasteiger partial charge on any atom is 0.286 e. The van der Waals surface area contributed by atoms with Gasteiger partial charge in [0.25, 0.3) is 11.8 Å². The maximum absolute atomic E-state index is 12.5. The summed E-state index contributed by atoms with van der Waals surface area (Å²) in [6, 6.07) is 6.06. The molecule has 0 fully saturated rings. The van der Waals surface area contributed by atoms with E-state index < -0.39 is 27.9 Å². The first-order valence-corrected chi connectivity index (χ1v) is 10.9. The molecule has 2 amide bonds. The van der Waals surface area contributed by atoms with E-state index in [0.29, 0.717) is 15.2 Å². The number of hydrogen-bond acceptors (Lipinski definition) is 4. The Balaban J connectivity index is 2.08. The summed E-state index contributed by atoms with van der Waals surface area (Å²) in [4.78, 5) is 24.7. The van der Waals surface area contributed by atoms with Crippen LogP contribution >= 0.6 is 27.5 Å². The summed E-state index contributed by atoms with van der Waals surface area (Å²) >= 11 is 9.04. The summed E-state index contributed by atoms with van der Waals surface area (Å²) in [5, 5.41) is 0.395. The van der Waals surface area contributed by atoms with Gasteiger partial charge in [0.1, 0.15) is 11.7 Å². The van der Waals surface area contributed by atoms with Crippen LogP contribution in [0.4, 0.5) is 0 Å². The van der Waals surface area contributed by atoms with Crippen LogP contribution in [0.25, 0.3) is 0 Å². The van der Waals surface area contributed by atoms with Gasteiger partial charge in [0.15, 0.2) is 0 Å². The molecular weight excluding hydrogens is 472 g/mol. The van der Waals surface area contributed by atoms with Gasteiger partial charge < -0.3 is 4.57 Å². The Hall–Kier alpha value is -1.88. The number of carbonyl (C=O) groups is 2. The molecule has 0 saturated heterocycles. The van der Waals surface area contributed by atoms with Gasteiger partial charge in [-0.3, -0.25) is 20.4 Å². The second-order valence-corrected chi connectivity index (χ2v) is 9.46. The first-order chi connectivity index (χ1) is 13.0. The number of aryl methyl sites for hydroxylation is 1. The zero-order valence-electron chi connectivity index (χ0n) is 15.4. The molecule has 0 aliphatic carbocycles. The molecule has 1 heterocycles. The van der Waals surface area contributed by atoms with Crippen molar-refractivity contribution >= 4 is 49.4 Å². The molecule has 0 spiro atoms. The van der Waals surface area contributed by atoms with E-state index in [-0.39, 0.29) is 10.8 Å². The Labute approximate surface area is 176 Å². The van der Waals surface area contributed by atoms with Crippen LogP contribution in [0, 0.1) is 5.92 Å². The molecule has 1 atom stereocenters. The van der Waals surface area contributed by atoms with Crippen LogP contribution in [-0.2, 0) is 21.9 Å². The minimum atomic E-state index is -3.95. The smallest absolute Gasteiger partial charge is 0.286 e. The normalized spacial score (nSPS) is 12.6. The minimum Gasteiger partial charge on any atom is -0.345 e. The molecule has 0 bridgehead atoms. The first kappa shape index (κ1) is 22.4. The Bertz CT molecular complexity index is 974. The number of benzene rings is 1. The molecule has 2 aromatic rings. The highest BCUT2D eigenvalue weighted by Gasteiger charge is 2.29. The van der Waals surface area contributed by atoms with Crippen molar-refractivity contribution in [3.63, 3.8) is 0 Å². The highest BCUT2D eigenvalue weighted by molar-refractivity contribution is 9.10. The lowest BCUT2D eigenvalue weighted by Gasteiger charge is -2.21. The summed E-state index contributed by atoms with van der Waals surface area (Å²) in [6.07, 6.45) is 1.69. The number of hydrogen-bond donors (Lipinski definition) is 3. The lowest BCUT2D eigenvalue weighted by Crippen LogP contribution is -2.54. The monoisotopic (exact) mass is 490 g/mol. The number of halogens is 2. The predicted molar refractivity (Wildman–Crippen MR) is 109 cm³/mol. The highest BCUT2D eigenvalue weighted by Crippen LogP contribution is 2.16. The van der Waals surface area contributed by atoms with Crippen LogP contribution in [0.2, 0.25) is 5.02 Å². The zero-order valence-corrected chi connectivity index (χ0v) is 18.5. The number of sulfonamides is 1. The standard InChI is InChI=1S/C17H20BrClN4O4S/c1-10(2)15(22-28(26,27)13-6-4-12(19)5-7-13)17(25)21-20-16(24)14-8-11(18)9-23(14)3/h4-10,15,22H,1-3H3,(H,20,24)(H,21,25). The summed E-state index contributed by atoms with van der Waals surface area (Å²) in [6.45, 7) is 3.37. The highest BCUT2D eigenvalue weighted by atomic mass is 79.9. The van der Waals surface area contributed by atoms with E-state index in [0.717, 1.165) is 0 Å². The fourth-order valence-electron chi connectivity index (χ4n) is 2.35. The largest absolute Gasteiger partial charge is 0.345 e. The molecule has 0 aliphatic heterocycles. The van der Waals surface area contributed by atoms with E-state index >= 15 is 0 Å². The molecule has 1 aromatic heterocycles. The van der Waals surface area contributed by atoms with Gasteiger partial charge in [-0.15, -0.1) is 0 Å². The van der Waals surface area contributed by atoms with E-state index in [1.807, 2.05) is 0 Å². The summed E-state index contributed by atoms with van der Waals surface area (Å²) in [5.74, 6) is -1.60. The van der Waals surface area contributed by atoms with Crippen molar-refractivity contribution in [1.29, 1.82) is 0 Å². The molecule has 1 unspecified atom stereocenters. The summed E-state index contributed by atoms with van der Waals surface area (Å²) in [7, 11) is -2.27. The van der Waals surface area contributed by atoms with Crippen molar-refractivity contribution in [2.24, 2.45) is 13.0 Å². The molecule has 28 heavy (non-hydrogen) atoms. The van der Waals surface area contributed by atoms with Crippen molar-refractivity contribution < 1.29 is 18.0 Å². The number of nitrogens with zero attached hydrogens (tertiary/aromatic N) is 1. The number of amides is 2. The molecule has 8 nitrogen and oxygen atoms in total. The third kappa shape index (κ3) is 5.57. The molecular formula is C17H20BrClN4O4S. The number of hydrazine groups is 1. The zero-order chi connectivity index (χ0) is 21.1. The maximum atomic E-state index is 12.5. The lowest BCUT2D eigenvalue weighted by molar-refractivity contribution is -0.124. The van der Waals surface area contributed by atoms with Crippen LogP contribution in [0.15, 0.2) is 45.9 Å². The van der Waals surface area contributed by atoms with Crippen molar-refractivity contribution in [3.05, 3.63) is 51.7 Å². The summed E-state index contributed by atoms with van der Waals surface area (Å²) in [5.41, 5.74) is 4.87. The average Bonchev–Trinajstić information content (AvgIpc) is 2.96. The van der Waals surface area contributed by atoms with E-state index in [4.69, 9.17) is 11.6 Å². The van der Waals surface area contributed by atoms with Crippen molar-refractivity contribution in [1.82, 2.24) is 20.1 Å². The number of rotatable bonds is 6. The molecule has 0 aliphatic rings. The van der Waals surface area contributed by atoms with Gasteiger partial charge in [-0.25, -0.2) is 8.42 Å². The Morgan fingerprint density at radius 2 is 1.75 bits per heavy atom. The molecule has 0 saturated carbocycles. The molecule has 2 rings (SSSR count). The topological polar surface area (TPSA) is 109 Å². The van der Waals surface area contributed by atoms with Crippen molar-refractivity contribution in [3.8, 4) is 0 Å². The van der Waals surface area contributed by atoms with Gasteiger partial charge in [-0.2, -0.15) is 4.72 Å². The van der Waals surface area contributed by atoms with Crippen LogP contribution in [-0.4, -0.2) is 30.8 Å². The third-order valence-corrected chi connectivity index (χ3v) is 6.00. The van der Waals surface area contributed by atoms with Gasteiger partial charge >= 0.3 is 0 Å². The second-order valence-electron chi connectivity index (χ2n) is 6.39.